The molecule has 164 valence electrons. The molecule has 0 aliphatic heterocycles. The molecular weight excluding hydrogens is 390 g/mol. The van der Waals surface area contributed by atoms with E-state index in [-0.39, 0.29) is 30.4 Å². The van der Waals surface area contributed by atoms with Crippen LogP contribution in [0.2, 0.25) is 0 Å². The van der Waals surface area contributed by atoms with Crippen molar-refractivity contribution in [3.63, 3.8) is 0 Å². The summed E-state index contributed by atoms with van der Waals surface area (Å²) in [5.74, 6) is -0.281. The highest BCUT2D eigenvalue weighted by atomic mass is 16.3. The zero-order chi connectivity index (χ0) is 22.1. The van der Waals surface area contributed by atoms with E-state index in [0.29, 0.717) is 32.2 Å². The number of aromatic nitrogens is 1. The van der Waals surface area contributed by atoms with Gasteiger partial charge in [-0.05, 0) is 36.5 Å². The van der Waals surface area contributed by atoms with Crippen molar-refractivity contribution in [2.45, 2.75) is 38.6 Å². The van der Waals surface area contributed by atoms with Crippen LogP contribution in [0, 0.1) is 5.92 Å². The number of hydrogen-bond donors (Lipinski definition) is 4. The Morgan fingerprint density at radius 3 is 2.55 bits per heavy atom. The second-order valence-electron chi connectivity index (χ2n) is 8.00. The van der Waals surface area contributed by atoms with Crippen LogP contribution in [0.15, 0.2) is 60.8 Å². The lowest BCUT2D eigenvalue weighted by atomic mass is 10.00. The van der Waals surface area contributed by atoms with Gasteiger partial charge >= 0.3 is 0 Å². The summed E-state index contributed by atoms with van der Waals surface area (Å²) in [7, 11) is 0. The van der Waals surface area contributed by atoms with E-state index in [1.54, 1.807) is 0 Å². The second-order valence-corrected chi connectivity index (χ2v) is 8.00. The van der Waals surface area contributed by atoms with E-state index < -0.39 is 0 Å². The molecule has 0 bridgehead atoms. The van der Waals surface area contributed by atoms with Crippen molar-refractivity contribution in [2.75, 3.05) is 13.2 Å². The van der Waals surface area contributed by atoms with E-state index in [0.717, 1.165) is 22.0 Å². The van der Waals surface area contributed by atoms with E-state index in [1.165, 1.54) is 0 Å². The number of fused-ring (bicyclic) bond motifs is 1. The Morgan fingerprint density at radius 2 is 1.77 bits per heavy atom. The van der Waals surface area contributed by atoms with Gasteiger partial charge in [-0.1, -0.05) is 55.5 Å². The molecule has 2 atom stereocenters. The third-order valence-corrected chi connectivity index (χ3v) is 5.44. The molecule has 0 saturated heterocycles. The van der Waals surface area contributed by atoms with Crippen LogP contribution in [0.3, 0.4) is 0 Å². The highest BCUT2D eigenvalue weighted by molar-refractivity contribution is 5.84. The van der Waals surface area contributed by atoms with Crippen molar-refractivity contribution >= 4 is 22.7 Å². The normalized spacial score (nSPS) is 13.0. The number of aromatic amines is 1. The van der Waals surface area contributed by atoms with Gasteiger partial charge in [0.15, 0.2) is 0 Å². The summed E-state index contributed by atoms with van der Waals surface area (Å²) in [6, 6.07) is 17.5. The average molecular weight is 422 g/mol. The Morgan fingerprint density at radius 1 is 1.03 bits per heavy atom. The largest absolute Gasteiger partial charge is 0.394 e. The second kappa shape index (κ2) is 11.3. The van der Waals surface area contributed by atoms with Gasteiger partial charge in [0.05, 0.1) is 12.6 Å². The molecule has 6 heteroatoms. The molecule has 3 aromatic rings. The number of para-hydroxylation sites is 1. The molecule has 0 radical (unpaired) electrons. The number of amides is 2. The molecule has 31 heavy (non-hydrogen) atoms. The van der Waals surface area contributed by atoms with E-state index in [4.69, 9.17) is 0 Å². The van der Waals surface area contributed by atoms with Crippen LogP contribution in [0.25, 0.3) is 10.9 Å². The predicted molar refractivity (Wildman–Crippen MR) is 123 cm³/mol. The first-order chi connectivity index (χ1) is 15.1. The maximum Gasteiger partial charge on any atom is 0.223 e. The van der Waals surface area contributed by atoms with Gasteiger partial charge in [-0.15, -0.1) is 0 Å². The summed E-state index contributed by atoms with van der Waals surface area (Å²) in [6.45, 7) is 2.26. The summed E-state index contributed by atoms with van der Waals surface area (Å²) < 4.78 is 0. The number of H-pyrrole nitrogens is 1. The molecule has 3 rings (SSSR count). The van der Waals surface area contributed by atoms with Crippen LogP contribution in [-0.2, 0) is 22.4 Å². The SMILES string of the molecule is CC(Cc1c[nH]c2ccccc12)C(=O)NCCCC(=O)NC(CO)Cc1ccccc1. The molecular formula is C25H31N3O3. The zero-order valence-corrected chi connectivity index (χ0v) is 17.9. The van der Waals surface area contributed by atoms with Gasteiger partial charge < -0.3 is 20.7 Å². The van der Waals surface area contributed by atoms with Gasteiger partial charge in [0.1, 0.15) is 0 Å². The van der Waals surface area contributed by atoms with E-state index in [1.807, 2.05) is 61.7 Å². The molecule has 1 heterocycles. The molecule has 0 aliphatic carbocycles. The van der Waals surface area contributed by atoms with E-state index in [2.05, 4.69) is 21.7 Å². The molecule has 0 aliphatic rings. The Labute approximate surface area is 183 Å². The number of nitrogens with one attached hydrogen (secondary N) is 3. The summed E-state index contributed by atoms with van der Waals surface area (Å²) >= 11 is 0. The van der Waals surface area contributed by atoms with Crippen molar-refractivity contribution < 1.29 is 14.7 Å². The van der Waals surface area contributed by atoms with Gasteiger partial charge in [0.25, 0.3) is 0 Å². The maximum atomic E-state index is 12.4. The van der Waals surface area contributed by atoms with Crippen LogP contribution >= 0.6 is 0 Å². The first-order valence-corrected chi connectivity index (χ1v) is 10.8. The van der Waals surface area contributed by atoms with E-state index in [9.17, 15) is 14.7 Å². The molecule has 0 spiro atoms. The summed E-state index contributed by atoms with van der Waals surface area (Å²) in [6.07, 6.45) is 4.08. The first-order valence-electron chi connectivity index (χ1n) is 10.8. The number of carbonyl (C=O) groups excluding carboxylic acids is 2. The number of rotatable bonds is 11. The van der Waals surface area contributed by atoms with Gasteiger partial charge in [-0.3, -0.25) is 9.59 Å². The van der Waals surface area contributed by atoms with Crippen LogP contribution in [0.1, 0.15) is 30.9 Å². The minimum absolute atomic E-state index is 0.0111. The zero-order valence-electron chi connectivity index (χ0n) is 17.9. The summed E-state index contributed by atoms with van der Waals surface area (Å²) in [4.78, 5) is 27.8. The lowest BCUT2D eigenvalue weighted by molar-refractivity contribution is -0.125. The number of aliphatic hydroxyl groups excluding tert-OH is 1. The van der Waals surface area contributed by atoms with Crippen LogP contribution in [0.4, 0.5) is 0 Å². The minimum Gasteiger partial charge on any atom is -0.394 e. The Kier molecular flexibility index (Phi) is 8.24. The molecule has 2 aromatic carbocycles. The number of aliphatic hydroxyl groups is 1. The smallest absolute Gasteiger partial charge is 0.223 e. The number of carbonyl (C=O) groups is 2. The standard InChI is InChI=1S/C25H31N3O3/c1-18(14-20-16-27-23-11-6-5-10-22(20)23)25(31)26-13-7-12-24(30)28-21(17-29)15-19-8-3-2-4-9-19/h2-6,8-11,16,18,21,27,29H,7,12-15,17H2,1H3,(H,26,31)(H,28,30). The maximum absolute atomic E-state index is 12.4. The van der Waals surface area contributed by atoms with Gasteiger partial charge in [-0.25, -0.2) is 0 Å². The molecule has 2 amide bonds. The predicted octanol–water partition coefficient (Wildman–Crippen LogP) is 2.96. The van der Waals surface area contributed by atoms with Gasteiger partial charge in [-0.2, -0.15) is 0 Å². The molecule has 1 aromatic heterocycles. The molecule has 0 fully saturated rings. The monoisotopic (exact) mass is 421 g/mol. The third-order valence-electron chi connectivity index (χ3n) is 5.44. The minimum atomic E-state index is -0.305. The highest BCUT2D eigenvalue weighted by Gasteiger charge is 2.16. The van der Waals surface area contributed by atoms with Crippen molar-refractivity contribution in [1.29, 1.82) is 0 Å². The van der Waals surface area contributed by atoms with Crippen molar-refractivity contribution in [1.82, 2.24) is 15.6 Å². The van der Waals surface area contributed by atoms with Gasteiger partial charge in [0.2, 0.25) is 11.8 Å². The lowest BCUT2D eigenvalue weighted by Gasteiger charge is -2.16. The molecule has 0 saturated carbocycles. The molecule has 6 nitrogen and oxygen atoms in total. The van der Waals surface area contributed by atoms with Gasteiger partial charge in [0, 0.05) is 36.0 Å². The van der Waals surface area contributed by atoms with Crippen molar-refractivity contribution in [3.05, 3.63) is 71.9 Å². The topological polar surface area (TPSA) is 94.2 Å². The van der Waals surface area contributed by atoms with Crippen LogP contribution in [-0.4, -0.2) is 41.1 Å². The number of benzene rings is 2. The Balaban J connectivity index is 1.36. The lowest BCUT2D eigenvalue weighted by Crippen LogP contribution is -2.39. The van der Waals surface area contributed by atoms with Crippen molar-refractivity contribution in [2.24, 2.45) is 5.92 Å². The van der Waals surface area contributed by atoms with Crippen LogP contribution in [0.5, 0.6) is 0 Å². The highest BCUT2D eigenvalue weighted by Crippen LogP contribution is 2.20. The van der Waals surface area contributed by atoms with Crippen LogP contribution < -0.4 is 10.6 Å². The Hall–Kier alpha value is -3.12. The summed E-state index contributed by atoms with van der Waals surface area (Å²) in [5.41, 5.74) is 3.27. The fourth-order valence-corrected chi connectivity index (χ4v) is 3.72. The third kappa shape index (κ3) is 6.69. The Bertz CT molecular complexity index is 984. The first kappa shape index (κ1) is 22.6. The average Bonchev–Trinajstić information content (AvgIpc) is 3.19. The summed E-state index contributed by atoms with van der Waals surface area (Å²) in [5, 5.41) is 16.5. The fourth-order valence-electron chi connectivity index (χ4n) is 3.72. The quantitative estimate of drug-likeness (QED) is 0.359. The fraction of sp³-hybridized carbons (Fsp3) is 0.360. The molecule has 2 unspecified atom stereocenters. The van der Waals surface area contributed by atoms with E-state index >= 15 is 0 Å². The molecule has 4 N–H and O–H groups in total. The van der Waals surface area contributed by atoms with Crippen molar-refractivity contribution in [3.8, 4) is 0 Å². The number of hydrogen-bond acceptors (Lipinski definition) is 3.